The van der Waals surface area contributed by atoms with Crippen LogP contribution in [0, 0.1) is 5.41 Å². The minimum absolute atomic E-state index is 0.130. The van der Waals surface area contributed by atoms with Crippen LogP contribution in [-0.4, -0.2) is 46.3 Å². The summed E-state index contributed by atoms with van der Waals surface area (Å²) in [6.07, 6.45) is -0.344. The summed E-state index contributed by atoms with van der Waals surface area (Å²) in [4.78, 5) is 10.7. The Labute approximate surface area is 133 Å². The largest absolute Gasteiger partial charge is 0.445 e. The van der Waals surface area contributed by atoms with Crippen LogP contribution in [-0.2, 0) is 6.18 Å². The van der Waals surface area contributed by atoms with E-state index in [9.17, 15) is 13.2 Å². The lowest BCUT2D eigenvalue weighted by molar-refractivity contribution is -0.138. The summed E-state index contributed by atoms with van der Waals surface area (Å²) in [7, 11) is 0. The van der Waals surface area contributed by atoms with Crippen molar-refractivity contribution in [3.8, 4) is 10.7 Å². The van der Waals surface area contributed by atoms with Gasteiger partial charge in [-0.05, 0) is 6.42 Å². The Morgan fingerprint density at radius 3 is 2.65 bits per heavy atom. The van der Waals surface area contributed by atoms with Crippen molar-refractivity contribution in [1.82, 2.24) is 25.5 Å². The van der Waals surface area contributed by atoms with Gasteiger partial charge in [-0.3, -0.25) is 4.98 Å². The Bertz CT molecular complexity index is 726. The molecule has 2 aliphatic rings. The maximum atomic E-state index is 12.6. The van der Waals surface area contributed by atoms with E-state index in [-0.39, 0.29) is 5.01 Å². The molecule has 0 aliphatic carbocycles. The van der Waals surface area contributed by atoms with Crippen molar-refractivity contribution in [3.63, 3.8) is 0 Å². The van der Waals surface area contributed by atoms with Gasteiger partial charge in [-0.1, -0.05) is 11.3 Å². The molecule has 10 heteroatoms. The number of halogens is 3. The summed E-state index contributed by atoms with van der Waals surface area (Å²) in [5.41, 5.74) is 0.632. The van der Waals surface area contributed by atoms with Gasteiger partial charge in [-0.25, -0.2) is 4.98 Å². The van der Waals surface area contributed by atoms with Gasteiger partial charge in [0.1, 0.15) is 11.5 Å². The Morgan fingerprint density at radius 2 is 2.04 bits per heavy atom. The molecular formula is C13H13F3N6S. The molecule has 122 valence electrons. The summed E-state index contributed by atoms with van der Waals surface area (Å²) >= 11 is 0.481. The quantitative estimate of drug-likeness (QED) is 0.898. The number of hydrogen-bond donors (Lipinski definition) is 1. The average molecular weight is 342 g/mol. The predicted molar refractivity (Wildman–Crippen MR) is 78.1 cm³/mol. The topological polar surface area (TPSA) is 66.8 Å². The second-order valence-electron chi connectivity index (χ2n) is 5.95. The molecule has 2 saturated heterocycles. The van der Waals surface area contributed by atoms with Gasteiger partial charge in [0.15, 0.2) is 5.01 Å². The first-order valence-corrected chi connectivity index (χ1v) is 7.96. The normalized spacial score (nSPS) is 20.0. The summed E-state index contributed by atoms with van der Waals surface area (Å²) in [6, 6.07) is 0. The average Bonchev–Trinajstić information content (AvgIpc) is 3.14. The number of aromatic nitrogens is 4. The molecule has 2 aromatic heterocycles. The van der Waals surface area contributed by atoms with Crippen molar-refractivity contribution in [3.05, 3.63) is 17.4 Å². The van der Waals surface area contributed by atoms with Gasteiger partial charge in [0.2, 0.25) is 5.01 Å². The lowest BCUT2D eigenvalue weighted by Crippen LogP contribution is -2.54. The van der Waals surface area contributed by atoms with E-state index in [1.807, 2.05) is 0 Å². The van der Waals surface area contributed by atoms with Crippen LogP contribution in [0.3, 0.4) is 0 Å². The van der Waals surface area contributed by atoms with Crippen molar-refractivity contribution in [2.24, 2.45) is 5.41 Å². The lowest BCUT2D eigenvalue weighted by Gasteiger charge is -2.39. The van der Waals surface area contributed by atoms with E-state index < -0.39 is 11.2 Å². The molecule has 0 radical (unpaired) electrons. The summed E-state index contributed by atoms with van der Waals surface area (Å²) < 4.78 is 37.9. The second kappa shape index (κ2) is 5.10. The molecule has 0 unspecified atom stereocenters. The minimum Gasteiger partial charge on any atom is -0.355 e. The van der Waals surface area contributed by atoms with E-state index in [1.54, 1.807) is 6.20 Å². The van der Waals surface area contributed by atoms with Crippen molar-refractivity contribution < 1.29 is 13.2 Å². The van der Waals surface area contributed by atoms with Crippen molar-refractivity contribution in [2.45, 2.75) is 12.6 Å². The molecule has 4 heterocycles. The minimum atomic E-state index is -4.49. The molecule has 0 bridgehead atoms. The molecule has 2 aliphatic heterocycles. The van der Waals surface area contributed by atoms with Crippen LogP contribution < -0.4 is 10.2 Å². The molecule has 0 aromatic carbocycles. The highest BCUT2D eigenvalue weighted by molar-refractivity contribution is 7.14. The molecule has 0 amide bonds. The molecule has 0 atom stereocenters. The Morgan fingerprint density at radius 1 is 1.22 bits per heavy atom. The zero-order valence-corrected chi connectivity index (χ0v) is 12.8. The number of nitrogens with zero attached hydrogens (tertiary/aromatic N) is 5. The number of anilines is 1. The van der Waals surface area contributed by atoms with Crippen LogP contribution in [0.25, 0.3) is 10.7 Å². The summed E-state index contributed by atoms with van der Waals surface area (Å²) in [5, 5.41) is 9.23. The molecule has 2 aromatic rings. The second-order valence-corrected chi connectivity index (χ2v) is 6.93. The maximum Gasteiger partial charge on any atom is 0.445 e. The first-order chi connectivity index (χ1) is 11.0. The van der Waals surface area contributed by atoms with Crippen LogP contribution in [0.1, 0.15) is 11.4 Å². The first-order valence-electron chi connectivity index (χ1n) is 7.14. The Kier molecular flexibility index (Phi) is 3.27. The van der Waals surface area contributed by atoms with Gasteiger partial charge in [-0.15, -0.1) is 10.2 Å². The third-order valence-electron chi connectivity index (χ3n) is 4.27. The Balaban J connectivity index is 1.58. The fraction of sp³-hybridized carbons (Fsp3) is 0.538. The molecule has 23 heavy (non-hydrogen) atoms. The summed E-state index contributed by atoms with van der Waals surface area (Å²) in [6.45, 7) is 3.77. The molecule has 2 fully saturated rings. The van der Waals surface area contributed by atoms with E-state index in [0.717, 1.165) is 32.6 Å². The highest BCUT2D eigenvalue weighted by Crippen LogP contribution is 2.37. The molecule has 4 rings (SSSR count). The molecule has 6 nitrogen and oxygen atoms in total. The molecule has 1 spiro atoms. The van der Waals surface area contributed by atoms with Crippen LogP contribution in [0.5, 0.6) is 0 Å². The van der Waals surface area contributed by atoms with Gasteiger partial charge in [0.05, 0.1) is 12.4 Å². The third-order valence-corrected chi connectivity index (χ3v) is 5.26. The van der Waals surface area contributed by atoms with Gasteiger partial charge in [0, 0.05) is 31.6 Å². The van der Waals surface area contributed by atoms with Crippen LogP contribution in [0.4, 0.5) is 19.0 Å². The SMILES string of the molecule is FC(F)(F)c1nnc(-c2cncc(N3CCC4(CNC4)C3)n2)s1. The van der Waals surface area contributed by atoms with Crippen LogP contribution in [0.15, 0.2) is 12.4 Å². The number of rotatable bonds is 2. The van der Waals surface area contributed by atoms with Crippen LogP contribution in [0.2, 0.25) is 0 Å². The lowest BCUT2D eigenvalue weighted by atomic mass is 9.81. The number of alkyl halides is 3. The molecular weight excluding hydrogens is 329 g/mol. The number of nitrogens with one attached hydrogen (secondary N) is 1. The predicted octanol–water partition coefficient (Wildman–Crippen LogP) is 1.81. The van der Waals surface area contributed by atoms with Crippen LogP contribution >= 0.6 is 11.3 Å². The van der Waals surface area contributed by atoms with E-state index >= 15 is 0 Å². The molecule has 0 saturated carbocycles. The Hall–Kier alpha value is -1.81. The van der Waals surface area contributed by atoms with Gasteiger partial charge in [-0.2, -0.15) is 13.2 Å². The fourth-order valence-corrected chi connectivity index (χ4v) is 3.62. The monoisotopic (exact) mass is 342 g/mol. The highest BCUT2D eigenvalue weighted by Gasteiger charge is 2.43. The summed E-state index contributed by atoms with van der Waals surface area (Å²) in [5.74, 6) is 0.676. The standard InChI is InChI=1S/C13H13F3N6S/c14-13(15,16)11-21-20-10(23-11)8-3-17-4-9(19-8)22-2-1-12(7-22)5-18-6-12/h3-4,18H,1-2,5-7H2. The van der Waals surface area contributed by atoms with Gasteiger partial charge < -0.3 is 10.2 Å². The van der Waals surface area contributed by atoms with Gasteiger partial charge >= 0.3 is 6.18 Å². The molecule has 1 N–H and O–H groups in total. The van der Waals surface area contributed by atoms with Gasteiger partial charge in [0.25, 0.3) is 0 Å². The fourth-order valence-electron chi connectivity index (χ4n) is 2.95. The smallest absolute Gasteiger partial charge is 0.355 e. The zero-order chi connectivity index (χ0) is 16.1. The van der Waals surface area contributed by atoms with Crippen molar-refractivity contribution in [2.75, 3.05) is 31.1 Å². The van der Waals surface area contributed by atoms with E-state index in [2.05, 4.69) is 30.4 Å². The van der Waals surface area contributed by atoms with E-state index in [0.29, 0.717) is 28.3 Å². The third kappa shape index (κ3) is 2.65. The van der Waals surface area contributed by atoms with E-state index in [4.69, 9.17) is 0 Å². The van der Waals surface area contributed by atoms with Crippen molar-refractivity contribution in [1.29, 1.82) is 0 Å². The maximum absolute atomic E-state index is 12.6. The highest BCUT2D eigenvalue weighted by atomic mass is 32.1. The first kappa shape index (κ1) is 14.8. The number of hydrogen-bond acceptors (Lipinski definition) is 7. The van der Waals surface area contributed by atoms with E-state index in [1.165, 1.54) is 6.20 Å². The zero-order valence-electron chi connectivity index (χ0n) is 12.0. The van der Waals surface area contributed by atoms with Crippen molar-refractivity contribution >= 4 is 17.2 Å².